The molecule has 0 spiro atoms. The van der Waals surface area contributed by atoms with E-state index in [2.05, 4.69) is 5.32 Å². The van der Waals surface area contributed by atoms with Gasteiger partial charge in [-0.3, -0.25) is 0 Å². The fourth-order valence-corrected chi connectivity index (χ4v) is 2.03. The summed E-state index contributed by atoms with van der Waals surface area (Å²) in [5.41, 5.74) is 2.87. The lowest BCUT2D eigenvalue weighted by molar-refractivity contribution is 0.0698. The number of rotatable bonds is 5. The van der Waals surface area contributed by atoms with Gasteiger partial charge in [0, 0.05) is 17.8 Å². The zero-order valence-electron chi connectivity index (χ0n) is 11.5. The number of carboxylic acid groups (broad SMARTS) is 1. The summed E-state index contributed by atoms with van der Waals surface area (Å²) in [6.07, 6.45) is 0. The number of carboxylic acids is 1. The highest BCUT2D eigenvalue weighted by atomic mass is 16.5. The van der Waals surface area contributed by atoms with Gasteiger partial charge in [0.05, 0.1) is 12.7 Å². The molecule has 0 fully saturated rings. The highest BCUT2D eigenvalue weighted by Gasteiger charge is 2.10. The Morgan fingerprint density at radius 3 is 2.70 bits per heavy atom. The molecular formula is C16H17NO3. The molecule has 0 amide bonds. The second-order valence-electron chi connectivity index (χ2n) is 4.52. The first kappa shape index (κ1) is 13.9. The zero-order valence-corrected chi connectivity index (χ0v) is 11.5. The predicted molar refractivity (Wildman–Crippen MR) is 78.5 cm³/mol. The van der Waals surface area contributed by atoms with Gasteiger partial charge in [-0.15, -0.1) is 0 Å². The van der Waals surface area contributed by atoms with E-state index in [4.69, 9.17) is 4.74 Å². The Morgan fingerprint density at radius 1 is 1.25 bits per heavy atom. The van der Waals surface area contributed by atoms with Crippen LogP contribution < -0.4 is 10.1 Å². The van der Waals surface area contributed by atoms with Gasteiger partial charge in [0.1, 0.15) is 5.75 Å². The highest BCUT2D eigenvalue weighted by Crippen LogP contribution is 2.22. The van der Waals surface area contributed by atoms with Crippen LogP contribution in [-0.2, 0) is 6.54 Å². The Hall–Kier alpha value is -2.49. The number of para-hydroxylation sites is 1. The molecule has 0 unspecified atom stereocenters. The molecule has 0 heterocycles. The van der Waals surface area contributed by atoms with Crippen LogP contribution >= 0.6 is 0 Å². The third-order valence-corrected chi connectivity index (χ3v) is 3.07. The number of nitrogens with one attached hydrogen (secondary N) is 1. The van der Waals surface area contributed by atoms with Crippen LogP contribution in [0.3, 0.4) is 0 Å². The van der Waals surface area contributed by atoms with Gasteiger partial charge in [0.15, 0.2) is 0 Å². The van der Waals surface area contributed by atoms with Gasteiger partial charge in [-0.05, 0) is 30.7 Å². The lowest BCUT2D eigenvalue weighted by Gasteiger charge is -2.13. The minimum atomic E-state index is -0.937. The smallest absolute Gasteiger partial charge is 0.337 e. The van der Waals surface area contributed by atoms with Crippen molar-refractivity contribution in [2.24, 2.45) is 0 Å². The van der Waals surface area contributed by atoms with Crippen molar-refractivity contribution in [2.45, 2.75) is 13.5 Å². The number of benzene rings is 2. The van der Waals surface area contributed by atoms with E-state index in [1.165, 1.54) is 0 Å². The minimum absolute atomic E-state index is 0.269. The van der Waals surface area contributed by atoms with Crippen LogP contribution in [-0.4, -0.2) is 18.2 Å². The maximum Gasteiger partial charge on any atom is 0.337 e. The fourth-order valence-electron chi connectivity index (χ4n) is 2.03. The van der Waals surface area contributed by atoms with E-state index in [1.807, 2.05) is 37.3 Å². The van der Waals surface area contributed by atoms with Crippen molar-refractivity contribution in [2.75, 3.05) is 12.4 Å². The number of carbonyl (C=O) groups is 1. The molecule has 2 aromatic carbocycles. The van der Waals surface area contributed by atoms with Crippen LogP contribution in [0.5, 0.6) is 5.75 Å². The monoisotopic (exact) mass is 271 g/mol. The Bertz CT molecular complexity index is 623. The topological polar surface area (TPSA) is 58.6 Å². The molecule has 20 heavy (non-hydrogen) atoms. The summed E-state index contributed by atoms with van der Waals surface area (Å²) in [6.45, 7) is 2.44. The summed E-state index contributed by atoms with van der Waals surface area (Å²) >= 11 is 0. The van der Waals surface area contributed by atoms with Gasteiger partial charge in [-0.25, -0.2) is 4.79 Å². The van der Waals surface area contributed by atoms with Crippen LogP contribution in [0.25, 0.3) is 0 Å². The number of aromatic carboxylic acids is 1. The Labute approximate surface area is 118 Å². The first-order valence-electron chi connectivity index (χ1n) is 6.31. The van der Waals surface area contributed by atoms with E-state index in [0.717, 1.165) is 16.9 Å². The minimum Gasteiger partial charge on any atom is -0.496 e. The lowest BCUT2D eigenvalue weighted by atomic mass is 10.1. The van der Waals surface area contributed by atoms with Gasteiger partial charge < -0.3 is 15.2 Å². The molecule has 104 valence electrons. The van der Waals surface area contributed by atoms with Crippen molar-refractivity contribution in [3.05, 3.63) is 59.2 Å². The van der Waals surface area contributed by atoms with E-state index in [0.29, 0.717) is 12.2 Å². The summed E-state index contributed by atoms with van der Waals surface area (Å²) in [5.74, 6) is -0.156. The number of ether oxygens (including phenoxy) is 1. The van der Waals surface area contributed by atoms with Crippen LogP contribution in [0.4, 0.5) is 5.69 Å². The molecule has 0 aliphatic carbocycles. The Morgan fingerprint density at radius 2 is 2.00 bits per heavy atom. The number of hydrogen-bond acceptors (Lipinski definition) is 3. The molecule has 0 saturated heterocycles. The number of aryl methyl sites for hydroxylation is 1. The van der Waals surface area contributed by atoms with Crippen molar-refractivity contribution >= 4 is 11.7 Å². The average Bonchev–Trinajstić information content (AvgIpc) is 2.45. The Kier molecular flexibility index (Phi) is 4.25. The van der Waals surface area contributed by atoms with Gasteiger partial charge >= 0.3 is 5.97 Å². The highest BCUT2D eigenvalue weighted by molar-refractivity contribution is 5.94. The number of hydrogen-bond donors (Lipinski definition) is 2. The largest absolute Gasteiger partial charge is 0.496 e. The maximum atomic E-state index is 11.2. The number of anilines is 1. The van der Waals surface area contributed by atoms with E-state index in [1.54, 1.807) is 19.2 Å². The van der Waals surface area contributed by atoms with Crippen LogP contribution in [0.1, 0.15) is 21.5 Å². The molecule has 4 heteroatoms. The molecule has 2 aromatic rings. The SMILES string of the molecule is COc1ccccc1CNc1cc(C)ccc1C(=O)O. The molecule has 0 radical (unpaired) electrons. The first-order valence-corrected chi connectivity index (χ1v) is 6.31. The number of methoxy groups -OCH3 is 1. The molecule has 4 nitrogen and oxygen atoms in total. The third-order valence-electron chi connectivity index (χ3n) is 3.07. The molecule has 0 aliphatic heterocycles. The normalized spacial score (nSPS) is 10.1. The van der Waals surface area contributed by atoms with Gasteiger partial charge in [0.2, 0.25) is 0 Å². The predicted octanol–water partition coefficient (Wildman–Crippen LogP) is 3.31. The zero-order chi connectivity index (χ0) is 14.5. The standard InChI is InChI=1S/C16H17NO3/c1-11-7-8-13(16(18)19)14(9-11)17-10-12-5-3-4-6-15(12)20-2/h3-9,17H,10H2,1-2H3,(H,18,19). The lowest BCUT2D eigenvalue weighted by Crippen LogP contribution is -2.07. The molecule has 0 saturated carbocycles. The fraction of sp³-hybridized carbons (Fsp3) is 0.188. The Balaban J connectivity index is 2.22. The second kappa shape index (κ2) is 6.10. The molecule has 2 N–H and O–H groups in total. The molecule has 0 bridgehead atoms. The molecule has 2 rings (SSSR count). The van der Waals surface area contributed by atoms with Crippen LogP contribution in [0, 0.1) is 6.92 Å². The van der Waals surface area contributed by atoms with Crippen LogP contribution in [0.2, 0.25) is 0 Å². The first-order chi connectivity index (χ1) is 9.61. The summed E-state index contributed by atoms with van der Waals surface area (Å²) in [5, 5.41) is 12.4. The third kappa shape index (κ3) is 3.09. The quantitative estimate of drug-likeness (QED) is 0.876. The van der Waals surface area contributed by atoms with Gasteiger partial charge in [0.25, 0.3) is 0 Å². The summed E-state index contributed by atoms with van der Waals surface area (Å²) in [7, 11) is 1.62. The second-order valence-corrected chi connectivity index (χ2v) is 4.52. The maximum absolute atomic E-state index is 11.2. The van der Waals surface area contributed by atoms with E-state index < -0.39 is 5.97 Å². The van der Waals surface area contributed by atoms with Crippen molar-refractivity contribution in [3.8, 4) is 5.75 Å². The van der Waals surface area contributed by atoms with Crippen molar-refractivity contribution < 1.29 is 14.6 Å². The summed E-state index contributed by atoms with van der Waals surface area (Å²) < 4.78 is 5.28. The molecule has 0 aromatic heterocycles. The summed E-state index contributed by atoms with van der Waals surface area (Å²) in [6, 6.07) is 12.9. The molecule has 0 atom stereocenters. The molecule has 0 aliphatic rings. The average molecular weight is 271 g/mol. The van der Waals surface area contributed by atoms with Crippen LogP contribution in [0.15, 0.2) is 42.5 Å². The molecular weight excluding hydrogens is 254 g/mol. The summed E-state index contributed by atoms with van der Waals surface area (Å²) in [4.78, 5) is 11.2. The van der Waals surface area contributed by atoms with Crippen molar-refractivity contribution in [3.63, 3.8) is 0 Å². The van der Waals surface area contributed by atoms with E-state index in [-0.39, 0.29) is 5.56 Å². The van der Waals surface area contributed by atoms with Gasteiger partial charge in [-0.2, -0.15) is 0 Å². The van der Waals surface area contributed by atoms with Gasteiger partial charge in [-0.1, -0.05) is 24.3 Å². The van der Waals surface area contributed by atoms with Crippen molar-refractivity contribution in [1.82, 2.24) is 0 Å². The van der Waals surface area contributed by atoms with E-state index >= 15 is 0 Å². The van der Waals surface area contributed by atoms with Crippen molar-refractivity contribution in [1.29, 1.82) is 0 Å². The van der Waals surface area contributed by atoms with E-state index in [9.17, 15) is 9.90 Å².